The van der Waals surface area contributed by atoms with Crippen molar-refractivity contribution in [3.05, 3.63) is 194 Å². The molecule has 51 heavy (non-hydrogen) atoms. The van der Waals surface area contributed by atoms with Crippen molar-refractivity contribution < 1.29 is 0 Å². The Labute approximate surface area is 300 Å². The second kappa shape index (κ2) is 12.2. The lowest BCUT2D eigenvalue weighted by Gasteiger charge is -2.29. The van der Waals surface area contributed by atoms with Crippen LogP contribution >= 0.6 is 11.3 Å². The zero-order chi connectivity index (χ0) is 33.7. The van der Waals surface area contributed by atoms with Gasteiger partial charge in [0.05, 0.1) is 32.8 Å². The summed E-state index contributed by atoms with van der Waals surface area (Å²) in [5.41, 5.74) is 11.8. The van der Waals surface area contributed by atoms with Crippen molar-refractivity contribution in [2.24, 2.45) is 0 Å². The van der Waals surface area contributed by atoms with Crippen LogP contribution in [0, 0.1) is 0 Å². The number of nitrogens with zero attached hydrogens (tertiary/aromatic N) is 2. The van der Waals surface area contributed by atoms with Gasteiger partial charge in [-0.05, 0) is 65.2 Å². The molecule has 0 spiro atoms. The van der Waals surface area contributed by atoms with E-state index in [4.69, 9.17) is 0 Å². The minimum absolute atomic E-state index is 1.14. The lowest BCUT2D eigenvalue weighted by Crippen LogP contribution is -2.12. The minimum Gasteiger partial charge on any atom is -0.309 e. The van der Waals surface area contributed by atoms with Crippen LogP contribution in [0.1, 0.15) is 0 Å². The molecule has 3 heteroatoms. The number of para-hydroxylation sites is 3. The lowest BCUT2D eigenvalue weighted by molar-refractivity contribution is 1.18. The van der Waals surface area contributed by atoms with E-state index in [0.29, 0.717) is 0 Å². The summed E-state index contributed by atoms with van der Waals surface area (Å²) < 4.78 is 4.97. The molecule has 2 aromatic heterocycles. The summed E-state index contributed by atoms with van der Waals surface area (Å²) in [6, 6.07) is 70.3. The molecule has 0 N–H and O–H groups in total. The second-order valence-electron chi connectivity index (χ2n) is 12.9. The molecule has 10 aromatic rings. The van der Waals surface area contributed by atoms with Crippen LogP contribution in [0.5, 0.6) is 0 Å². The average Bonchev–Trinajstić information content (AvgIpc) is 3.76. The van der Waals surface area contributed by atoms with Crippen LogP contribution < -0.4 is 4.90 Å². The molecule has 8 aromatic carbocycles. The fourth-order valence-electron chi connectivity index (χ4n) is 7.73. The van der Waals surface area contributed by atoms with Crippen LogP contribution in [0.4, 0.5) is 17.1 Å². The third-order valence-electron chi connectivity index (χ3n) is 10.0. The third kappa shape index (κ3) is 4.85. The summed E-state index contributed by atoms with van der Waals surface area (Å²) in [5, 5.41) is 5.03. The molecule has 0 amide bonds. The molecule has 10 rings (SSSR count). The molecule has 0 radical (unpaired) electrons. The lowest BCUT2D eigenvalue weighted by atomic mass is 9.98. The molecule has 0 bridgehead atoms. The fourth-order valence-corrected chi connectivity index (χ4v) is 8.93. The van der Waals surface area contributed by atoms with Crippen LogP contribution in [0.25, 0.3) is 69.9 Å². The molecule has 0 aliphatic rings. The van der Waals surface area contributed by atoms with Gasteiger partial charge in [-0.1, -0.05) is 146 Å². The highest BCUT2D eigenvalue weighted by atomic mass is 32.1. The van der Waals surface area contributed by atoms with E-state index in [1.807, 2.05) is 11.3 Å². The first-order valence-corrected chi connectivity index (χ1v) is 18.2. The number of aromatic nitrogens is 1. The third-order valence-corrected chi connectivity index (χ3v) is 11.2. The van der Waals surface area contributed by atoms with Crippen molar-refractivity contribution in [2.75, 3.05) is 4.90 Å². The standard InChI is InChI=1S/C48H32N2S/c1-3-15-33(16-4-1)34-29-31-35(32-30-34)37-19-7-10-23-41(37)50(45-27-13-22-39-38-20-9-12-28-46(38)51-48(39)45)44-26-14-25-43-47(44)40-21-8-11-24-42(40)49(43)36-17-5-2-6-18-36/h1-32H. The van der Waals surface area contributed by atoms with Gasteiger partial charge in [0.1, 0.15) is 0 Å². The SMILES string of the molecule is c1ccc(-c2ccc(-c3ccccc3N(c3cccc4c3sc3ccccc34)c3cccc4c3c3ccccc3n4-c3ccccc3)cc2)cc1. The van der Waals surface area contributed by atoms with E-state index in [0.717, 1.165) is 17.1 Å². The van der Waals surface area contributed by atoms with Gasteiger partial charge >= 0.3 is 0 Å². The van der Waals surface area contributed by atoms with Crippen molar-refractivity contribution in [1.29, 1.82) is 0 Å². The summed E-state index contributed by atoms with van der Waals surface area (Å²) in [7, 11) is 0. The van der Waals surface area contributed by atoms with Gasteiger partial charge in [-0.15, -0.1) is 11.3 Å². The van der Waals surface area contributed by atoms with Crippen LogP contribution in [0.15, 0.2) is 194 Å². The number of fused-ring (bicyclic) bond motifs is 6. The summed E-state index contributed by atoms with van der Waals surface area (Å²) in [4.78, 5) is 2.52. The van der Waals surface area contributed by atoms with Crippen LogP contribution in [0.2, 0.25) is 0 Å². The van der Waals surface area contributed by atoms with Crippen molar-refractivity contribution in [3.63, 3.8) is 0 Å². The van der Waals surface area contributed by atoms with Gasteiger partial charge in [-0.25, -0.2) is 0 Å². The normalized spacial score (nSPS) is 11.5. The molecule has 0 aliphatic heterocycles. The van der Waals surface area contributed by atoms with Gasteiger partial charge in [0, 0.05) is 37.5 Å². The number of benzene rings is 8. The minimum atomic E-state index is 1.14. The Balaban J connectivity index is 1.27. The highest BCUT2D eigenvalue weighted by Gasteiger charge is 2.25. The quantitative estimate of drug-likeness (QED) is 0.171. The van der Waals surface area contributed by atoms with Crippen LogP contribution in [-0.4, -0.2) is 4.57 Å². The molecule has 2 heterocycles. The van der Waals surface area contributed by atoms with E-state index < -0.39 is 0 Å². The highest BCUT2D eigenvalue weighted by molar-refractivity contribution is 7.26. The molecule has 0 fully saturated rings. The number of hydrogen-bond acceptors (Lipinski definition) is 2. The van der Waals surface area contributed by atoms with E-state index in [1.54, 1.807) is 0 Å². The van der Waals surface area contributed by atoms with Gasteiger partial charge in [-0.3, -0.25) is 0 Å². The van der Waals surface area contributed by atoms with E-state index in [2.05, 4.69) is 204 Å². The van der Waals surface area contributed by atoms with Crippen molar-refractivity contribution in [3.8, 4) is 27.9 Å². The number of rotatable bonds is 6. The van der Waals surface area contributed by atoms with Gasteiger partial charge in [0.15, 0.2) is 0 Å². The summed E-state index contributed by atoms with van der Waals surface area (Å²) in [6.07, 6.45) is 0. The Morgan fingerprint density at radius 1 is 0.373 bits per heavy atom. The molecule has 240 valence electrons. The molecule has 0 saturated carbocycles. The van der Waals surface area contributed by atoms with Gasteiger partial charge in [0.2, 0.25) is 0 Å². The van der Waals surface area contributed by atoms with E-state index in [-0.39, 0.29) is 0 Å². The summed E-state index contributed by atoms with van der Waals surface area (Å²) >= 11 is 1.87. The molecule has 0 unspecified atom stereocenters. The average molecular weight is 669 g/mol. The highest BCUT2D eigenvalue weighted by Crippen LogP contribution is 2.50. The van der Waals surface area contributed by atoms with Crippen LogP contribution in [0.3, 0.4) is 0 Å². The van der Waals surface area contributed by atoms with Crippen molar-refractivity contribution in [1.82, 2.24) is 4.57 Å². The molecule has 0 saturated heterocycles. The van der Waals surface area contributed by atoms with Crippen molar-refractivity contribution in [2.45, 2.75) is 0 Å². The Hall–Kier alpha value is -6.42. The first-order valence-electron chi connectivity index (χ1n) is 17.4. The Morgan fingerprint density at radius 3 is 1.78 bits per heavy atom. The second-order valence-corrected chi connectivity index (χ2v) is 14.0. The first-order chi connectivity index (χ1) is 25.3. The topological polar surface area (TPSA) is 8.17 Å². The van der Waals surface area contributed by atoms with Gasteiger partial charge in [-0.2, -0.15) is 0 Å². The largest absolute Gasteiger partial charge is 0.309 e. The number of thiophene rings is 1. The Morgan fingerprint density at radius 2 is 0.941 bits per heavy atom. The predicted octanol–water partition coefficient (Wildman–Crippen LogP) is 14.0. The monoisotopic (exact) mass is 668 g/mol. The maximum atomic E-state index is 2.52. The molecule has 0 atom stereocenters. The van der Waals surface area contributed by atoms with Crippen molar-refractivity contribution >= 4 is 70.4 Å². The smallest absolute Gasteiger partial charge is 0.0640 e. The van der Waals surface area contributed by atoms with Gasteiger partial charge < -0.3 is 9.47 Å². The van der Waals surface area contributed by atoms with Gasteiger partial charge in [0.25, 0.3) is 0 Å². The zero-order valence-electron chi connectivity index (χ0n) is 27.8. The Bertz CT molecular complexity index is 2850. The molecule has 0 aliphatic carbocycles. The van der Waals surface area contributed by atoms with E-state index in [9.17, 15) is 0 Å². The maximum Gasteiger partial charge on any atom is 0.0640 e. The van der Waals surface area contributed by atoms with E-state index >= 15 is 0 Å². The molecular formula is C48H32N2S. The summed E-state index contributed by atoms with van der Waals surface area (Å²) in [5.74, 6) is 0. The van der Waals surface area contributed by atoms with Crippen LogP contribution in [-0.2, 0) is 0 Å². The first kappa shape index (κ1) is 29.5. The maximum absolute atomic E-state index is 2.52. The number of hydrogen-bond donors (Lipinski definition) is 0. The fraction of sp³-hybridized carbons (Fsp3) is 0. The zero-order valence-corrected chi connectivity index (χ0v) is 28.6. The number of anilines is 3. The van der Waals surface area contributed by atoms with E-state index in [1.165, 1.54) is 69.9 Å². The Kier molecular flexibility index (Phi) is 7.04. The predicted molar refractivity (Wildman–Crippen MR) is 219 cm³/mol. The molecule has 2 nitrogen and oxygen atoms in total. The molecular weight excluding hydrogens is 637 g/mol. The summed E-state index contributed by atoms with van der Waals surface area (Å²) in [6.45, 7) is 0.